The third-order valence-electron chi connectivity index (χ3n) is 2.50. The molecule has 6 nitrogen and oxygen atoms in total. The van der Waals surface area contributed by atoms with Gasteiger partial charge in [0.25, 0.3) is 5.91 Å². The first-order chi connectivity index (χ1) is 9.17. The molecule has 0 aliphatic carbocycles. The normalized spacial score (nSPS) is 10.0. The Hall–Kier alpha value is -1.95. The van der Waals surface area contributed by atoms with E-state index in [9.17, 15) is 9.59 Å². The Bertz CT molecular complexity index is 434. The van der Waals surface area contributed by atoms with E-state index in [1.165, 1.54) is 0 Å². The van der Waals surface area contributed by atoms with Gasteiger partial charge in [0.2, 0.25) is 5.91 Å². The summed E-state index contributed by atoms with van der Waals surface area (Å²) in [5, 5.41) is 5.44. The van der Waals surface area contributed by atoms with Crippen molar-refractivity contribution in [3.05, 3.63) is 29.6 Å². The van der Waals surface area contributed by atoms with E-state index in [2.05, 4.69) is 15.6 Å². The Morgan fingerprint density at radius 3 is 2.79 bits per heavy atom. The number of nitrogens with zero attached hydrogens (tertiary/aromatic N) is 1. The average Bonchev–Trinajstić information content (AvgIpc) is 2.45. The van der Waals surface area contributed by atoms with E-state index in [-0.39, 0.29) is 18.2 Å². The molecule has 1 aromatic heterocycles. The topological polar surface area (TPSA) is 97.1 Å². The molecule has 1 rings (SSSR count). The van der Waals surface area contributed by atoms with E-state index in [4.69, 9.17) is 5.73 Å². The molecule has 0 bridgehead atoms. The molecular formula is C13H20N4O2. The zero-order valence-electron chi connectivity index (χ0n) is 11.1. The van der Waals surface area contributed by atoms with Crippen LogP contribution in [0.25, 0.3) is 0 Å². The summed E-state index contributed by atoms with van der Waals surface area (Å²) in [6.45, 7) is 3.26. The van der Waals surface area contributed by atoms with Gasteiger partial charge in [-0.15, -0.1) is 0 Å². The lowest BCUT2D eigenvalue weighted by Crippen LogP contribution is -2.31. The van der Waals surface area contributed by atoms with E-state index >= 15 is 0 Å². The van der Waals surface area contributed by atoms with Crippen molar-refractivity contribution in [2.24, 2.45) is 5.73 Å². The summed E-state index contributed by atoms with van der Waals surface area (Å²) < 4.78 is 0. The second-order valence-electron chi connectivity index (χ2n) is 4.10. The second-order valence-corrected chi connectivity index (χ2v) is 4.10. The van der Waals surface area contributed by atoms with Crippen LogP contribution < -0.4 is 16.4 Å². The molecule has 4 N–H and O–H groups in total. The van der Waals surface area contributed by atoms with E-state index in [0.29, 0.717) is 30.9 Å². The molecule has 0 aliphatic heterocycles. The summed E-state index contributed by atoms with van der Waals surface area (Å²) in [7, 11) is 0. The molecule has 6 heteroatoms. The Morgan fingerprint density at radius 1 is 1.32 bits per heavy atom. The van der Waals surface area contributed by atoms with Crippen LogP contribution in [-0.2, 0) is 11.3 Å². The highest BCUT2D eigenvalue weighted by Crippen LogP contribution is 2.01. The van der Waals surface area contributed by atoms with Crippen LogP contribution in [0.4, 0.5) is 0 Å². The van der Waals surface area contributed by atoms with Gasteiger partial charge in [0.15, 0.2) is 0 Å². The van der Waals surface area contributed by atoms with Gasteiger partial charge in [-0.1, -0.05) is 6.92 Å². The van der Waals surface area contributed by atoms with Crippen molar-refractivity contribution in [2.75, 3.05) is 13.1 Å². The first-order valence-electron chi connectivity index (χ1n) is 6.37. The minimum Gasteiger partial charge on any atom is -0.356 e. The highest BCUT2D eigenvalue weighted by Gasteiger charge is 2.07. The zero-order chi connectivity index (χ0) is 14.1. The lowest BCUT2D eigenvalue weighted by Gasteiger charge is -2.06. The van der Waals surface area contributed by atoms with Crippen molar-refractivity contribution in [1.82, 2.24) is 15.6 Å². The number of carbonyl (C=O) groups excluding carboxylic acids is 2. The van der Waals surface area contributed by atoms with Crippen molar-refractivity contribution in [3.8, 4) is 0 Å². The fourth-order valence-electron chi connectivity index (χ4n) is 1.48. The molecule has 2 amide bonds. The summed E-state index contributed by atoms with van der Waals surface area (Å²) in [5.74, 6) is -0.278. The molecule has 0 unspecified atom stereocenters. The van der Waals surface area contributed by atoms with Crippen molar-refractivity contribution in [1.29, 1.82) is 0 Å². The Balaban J connectivity index is 2.36. The highest BCUT2D eigenvalue weighted by molar-refractivity contribution is 5.94. The van der Waals surface area contributed by atoms with Crippen LogP contribution in [0.15, 0.2) is 18.3 Å². The number of rotatable bonds is 7. The largest absolute Gasteiger partial charge is 0.356 e. The summed E-state index contributed by atoms with van der Waals surface area (Å²) >= 11 is 0. The van der Waals surface area contributed by atoms with Gasteiger partial charge < -0.3 is 16.4 Å². The number of hydrogen-bond acceptors (Lipinski definition) is 4. The molecular weight excluding hydrogens is 244 g/mol. The predicted octanol–water partition coefficient (Wildman–Crippen LogP) is 0.186. The monoisotopic (exact) mass is 264 g/mol. The van der Waals surface area contributed by atoms with Gasteiger partial charge in [0.1, 0.15) is 0 Å². The number of aromatic nitrogens is 1. The third kappa shape index (κ3) is 5.48. The SMILES string of the molecule is CCCNC(=O)CCNC(=O)c1ccnc(CN)c1. The molecule has 0 fully saturated rings. The van der Waals surface area contributed by atoms with Crippen LogP contribution in [-0.4, -0.2) is 29.9 Å². The molecule has 0 spiro atoms. The van der Waals surface area contributed by atoms with Crippen LogP contribution in [0, 0.1) is 0 Å². The third-order valence-corrected chi connectivity index (χ3v) is 2.50. The van der Waals surface area contributed by atoms with Crippen LogP contribution in [0.1, 0.15) is 35.8 Å². The van der Waals surface area contributed by atoms with Crippen molar-refractivity contribution >= 4 is 11.8 Å². The zero-order valence-corrected chi connectivity index (χ0v) is 11.1. The van der Waals surface area contributed by atoms with Gasteiger partial charge in [-0.25, -0.2) is 0 Å². The molecule has 0 atom stereocenters. The van der Waals surface area contributed by atoms with Crippen LogP contribution in [0.3, 0.4) is 0 Å². The minimum atomic E-state index is -0.222. The Morgan fingerprint density at radius 2 is 2.11 bits per heavy atom. The van der Waals surface area contributed by atoms with Crippen molar-refractivity contribution < 1.29 is 9.59 Å². The molecule has 0 saturated heterocycles. The van der Waals surface area contributed by atoms with Crippen molar-refractivity contribution in [3.63, 3.8) is 0 Å². The van der Waals surface area contributed by atoms with Gasteiger partial charge in [-0.2, -0.15) is 0 Å². The molecule has 0 radical (unpaired) electrons. The standard InChI is InChI=1S/C13H20N4O2/c1-2-5-16-12(18)4-7-17-13(19)10-3-6-15-11(8-10)9-14/h3,6,8H,2,4-5,7,9,14H2,1H3,(H,16,18)(H,17,19). The first-order valence-corrected chi connectivity index (χ1v) is 6.37. The number of carbonyl (C=O) groups is 2. The Labute approximate surface area is 112 Å². The van der Waals surface area contributed by atoms with Gasteiger partial charge >= 0.3 is 0 Å². The van der Waals surface area contributed by atoms with E-state index in [0.717, 1.165) is 6.42 Å². The lowest BCUT2D eigenvalue weighted by molar-refractivity contribution is -0.120. The van der Waals surface area contributed by atoms with E-state index in [1.54, 1.807) is 18.3 Å². The van der Waals surface area contributed by atoms with Crippen molar-refractivity contribution in [2.45, 2.75) is 26.3 Å². The maximum absolute atomic E-state index is 11.8. The van der Waals surface area contributed by atoms with E-state index < -0.39 is 0 Å². The molecule has 0 aromatic carbocycles. The van der Waals surface area contributed by atoms with Crippen LogP contribution in [0.5, 0.6) is 0 Å². The highest BCUT2D eigenvalue weighted by atomic mass is 16.2. The molecule has 0 saturated carbocycles. The number of pyridine rings is 1. The molecule has 104 valence electrons. The fraction of sp³-hybridized carbons (Fsp3) is 0.462. The number of nitrogens with two attached hydrogens (primary N) is 1. The van der Waals surface area contributed by atoms with Gasteiger partial charge in [-0.3, -0.25) is 14.6 Å². The van der Waals surface area contributed by atoms with Crippen LogP contribution >= 0.6 is 0 Å². The Kier molecular flexibility index (Phi) is 6.52. The van der Waals surface area contributed by atoms with Gasteiger partial charge in [0, 0.05) is 37.8 Å². The predicted molar refractivity (Wildman–Crippen MR) is 72.4 cm³/mol. The molecule has 19 heavy (non-hydrogen) atoms. The summed E-state index contributed by atoms with van der Waals surface area (Å²) in [4.78, 5) is 27.1. The number of amides is 2. The maximum Gasteiger partial charge on any atom is 0.251 e. The summed E-state index contributed by atoms with van der Waals surface area (Å²) in [5.41, 5.74) is 6.62. The summed E-state index contributed by atoms with van der Waals surface area (Å²) in [6, 6.07) is 3.26. The van der Waals surface area contributed by atoms with Gasteiger partial charge in [0.05, 0.1) is 5.69 Å². The molecule has 1 heterocycles. The summed E-state index contributed by atoms with van der Waals surface area (Å²) in [6.07, 6.45) is 2.72. The second kappa shape index (κ2) is 8.20. The van der Waals surface area contributed by atoms with E-state index in [1.807, 2.05) is 6.92 Å². The number of nitrogens with one attached hydrogen (secondary N) is 2. The fourth-order valence-corrected chi connectivity index (χ4v) is 1.48. The lowest BCUT2D eigenvalue weighted by atomic mass is 10.2. The quantitative estimate of drug-likeness (QED) is 0.654. The minimum absolute atomic E-state index is 0.0560. The average molecular weight is 264 g/mol. The molecule has 0 aliphatic rings. The maximum atomic E-state index is 11.8. The molecule has 1 aromatic rings. The first kappa shape index (κ1) is 15.1. The number of hydrogen-bond donors (Lipinski definition) is 3. The smallest absolute Gasteiger partial charge is 0.251 e. The van der Waals surface area contributed by atoms with Gasteiger partial charge in [-0.05, 0) is 18.6 Å². The van der Waals surface area contributed by atoms with Crippen LogP contribution in [0.2, 0.25) is 0 Å².